The molecule has 0 unspecified atom stereocenters. The number of rotatable bonds is 4. The van der Waals surface area contributed by atoms with Gasteiger partial charge in [0.2, 0.25) is 11.8 Å². The fourth-order valence-corrected chi connectivity index (χ4v) is 3.24. The molecule has 1 aromatic heterocycles. The first kappa shape index (κ1) is 14.1. The lowest BCUT2D eigenvalue weighted by atomic mass is 10.1. The Bertz CT molecular complexity index is 540. The highest BCUT2D eigenvalue weighted by Crippen LogP contribution is 2.23. The Kier molecular flexibility index (Phi) is 3.94. The second kappa shape index (κ2) is 5.87. The van der Waals surface area contributed by atoms with E-state index < -0.39 is 0 Å². The smallest absolute Gasteiger partial charge is 0.222 e. The van der Waals surface area contributed by atoms with E-state index in [9.17, 15) is 9.59 Å². The number of likely N-dealkylation sites (tertiary alicyclic amines) is 1. The summed E-state index contributed by atoms with van der Waals surface area (Å²) in [5.41, 5.74) is 1.06. The summed E-state index contributed by atoms with van der Waals surface area (Å²) in [6, 6.07) is 2.04. The van der Waals surface area contributed by atoms with Gasteiger partial charge >= 0.3 is 0 Å². The predicted octanol–water partition coefficient (Wildman–Crippen LogP) is 1.19. The van der Waals surface area contributed by atoms with Gasteiger partial charge in [-0.2, -0.15) is 5.10 Å². The van der Waals surface area contributed by atoms with Crippen LogP contribution in [0.4, 0.5) is 0 Å². The van der Waals surface area contributed by atoms with Crippen molar-refractivity contribution in [1.29, 1.82) is 0 Å². The van der Waals surface area contributed by atoms with Crippen LogP contribution < -0.4 is 0 Å². The molecule has 0 N–H and O–H groups in total. The van der Waals surface area contributed by atoms with E-state index in [0.29, 0.717) is 32.5 Å². The first-order valence-corrected chi connectivity index (χ1v) is 7.77. The Hall–Kier alpha value is -1.85. The molecule has 2 aliphatic rings. The summed E-state index contributed by atoms with van der Waals surface area (Å²) in [4.78, 5) is 27.8. The fraction of sp³-hybridized carbons (Fsp3) is 0.667. The summed E-state index contributed by atoms with van der Waals surface area (Å²) < 4.78 is 1.99. The highest BCUT2D eigenvalue weighted by Gasteiger charge is 2.31. The van der Waals surface area contributed by atoms with Crippen LogP contribution in [0.2, 0.25) is 0 Å². The van der Waals surface area contributed by atoms with E-state index in [-0.39, 0.29) is 17.9 Å². The van der Waals surface area contributed by atoms with E-state index in [1.807, 2.05) is 27.5 Å². The van der Waals surface area contributed by atoms with Gasteiger partial charge in [0.05, 0.1) is 18.3 Å². The van der Waals surface area contributed by atoms with Gasteiger partial charge in [-0.05, 0) is 18.9 Å². The minimum atomic E-state index is 0.0756. The first-order chi connectivity index (χ1) is 10.2. The third-order valence-electron chi connectivity index (χ3n) is 4.30. The van der Waals surface area contributed by atoms with Gasteiger partial charge in [-0.25, -0.2) is 0 Å². The van der Waals surface area contributed by atoms with Gasteiger partial charge < -0.3 is 9.80 Å². The molecule has 6 heteroatoms. The van der Waals surface area contributed by atoms with Gasteiger partial charge in [-0.1, -0.05) is 6.92 Å². The summed E-state index contributed by atoms with van der Waals surface area (Å²) in [6.45, 7) is 4.78. The Morgan fingerprint density at radius 2 is 2.33 bits per heavy atom. The van der Waals surface area contributed by atoms with Crippen LogP contribution in [0.1, 0.15) is 44.3 Å². The molecule has 2 amide bonds. The molecule has 3 heterocycles. The Balaban J connectivity index is 1.76. The van der Waals surface area contributed by atoms with Crippen molar-refractivity contribution in [1.82, 2.24) is 19.6 Å². The number of fused-ring (bicyclic) bond motifs is 1. The molecule has 0 aromatic carbocycles. The highest BCUT2D eigenvalue weighted by atomic mass is 16.2. The maximum atomic E-state index is 12.2. The van der Waals surface area contributed by atoms with E-state index in [2.05, 4.69) is 5.10 Å². The molecule has 2 aliphatic heterocycles. The zero-order valence-electron chi connectivity index (χ0n) is 12.5. The molecule has 3 rings (SSSR count). The summed E-state index contributed by atoms with van der Waals surface area (Å²) in [5.74, 6) is 0.420. The van der Waals surface area contributed by atoms with E-state index in [0.717, 1.165) is 25.1 Å². The molecule has 1 saturated heterocycles. The van der Waals surface area contributed by atoms with E-state index in [1.54, 1.807) is 6.20 Å². The van der Waals surface area contributed by atoms with Crippen molar-refractivity contribution in [2.75, 3.05) is 19.6 Å². The highest BCUT2D eigenvalue weighted by molar-refractivity contribution is 5.78. The van der Waals surface area contributed by atoms with Crippen molar-refractivity contribution in [2.45, 2.75) is 45.2 Å². The van der Waals surface area contributed by atoms with Gasteiger partial charge in [0.15, 0.2) is 0 Å². The molecule has 21 heavy (non-hydrogen) atoms. The average Bonchev–Trinajstić information content (AvgIpc) is 3.08. The summed E-state index contributed by atoms with van der Waals surface area (Å²) in [6.07, 6.45) is 4.82. The van der Waals surface area contributed by atoms with Crippen LogP contribution in [-0.2, 0) is 16.1 Å². The lowest BCUT2D eigenvalue weighted by Gasteiger charge is -2.35. The number of nitrogens with zero attached hydrogens (tertiary/aromatic N) is 4. The van der Waals surface area contributed by atoms with E-state index in [1.165, 1.54) is 0 Å². The van der Waals surface area contributed by atoms with Crippen molar-refractivity contribution in [2.24, 2.45) is 0 Å². The average molecular weight is 290 g/mol. The predicted molar refractivity (Wildman–Crippen MR) is 77.4 cm³/mol. The van der Waals surface area contributed by atoms with Gasteiger partial charge in [-0.3, -0.25) is 14.3 Å². The lowest BCUT2D eigenvalue weighted by molar-refractivity contribution is -0.133. The van der Waals surface area contributed by atoms with Gasteiger partial charge in [0, 0.05) is 38.7 Å². The number of carbonyl (C=O) groups is 2. The normalized spacial score (nSPS) is 21.8. The maximum Gasteiger partial charge on any atom is 0.222 e. The molecule has 0 radical (unpaired) electrons. The first-order valence-electron chi connectivity index (χ1n) is 7.77. The number of amides is 2. The fourth-order valence-electron chi connectivity index (χ4n) is 3.24. The molecule has 6 nitrogen and oxygen atoms in total. The van der Waals surface area contributed by atoms with Crippen molar-refractivity contribution in [3.8, 4) is 0 Å². The second-order valence-electron chi connectivity index (χ2n) is 5.89. The van der Waals surface area contributed by atoms with Crippen molar-refractivity contribution >= 4 is 11.8 Å². The van der Waals surface area contributed by atoms with Crippen LogP contribution in [0, 0.1) is 0 Å². The zero-order valence-corrected chi connectivity index (χ0v) is 12.5. The molecule has 0 spiro atoms. The molecule has 1 aromatic rings. The summed E-state index contributed by atoms with van der Waals surface area (Å²) >= 11 is 0. The Morgan fingerprint density at radius 3 is 3.05 bits per heavy atom. The SMILES string of the molecule is CCCC(=O)N1Cc2ccnn2[C@H](CN2CCCC2=O)C1. The standard InChI is InChI=1S/C15H22N4O2/c1-2-4-14(20)18-9-12-6-7-16-19(12)13(11-18)10-17-8-3-5-15(17)21/h6-7,13H,2-5,8-11H2,1H3/t13-/m1/s1. The molecule has 0 saturated carbocycles. The van der Waals surface area contributed by atoms with Crippen LogP contribution in [-0.4, -0.2) is 51.0 Å². The molecule has 1 fully saturated rings. The third kappa shape index (κ3) is 2.80. The number of aromatic nitrogens is 2. The largest absolute Gasteiger partial charge is 0.340 e. The third-order valence-corrected chi connectivity index (χ3v) is 4.30. The van der Waals surface area contributed by atoms with Crippen molar-refractivity contribution in [3.63, 3.8) is 0 Å². The summed E-state index contributed by atoms with van der Waals surface area (Å²) in [5, 5.41) is 4.39. The van der Waals surface area contributed by atoms with Gasteiger partial charge in [0.25, 0.3) is 0 Å². The Labute approximate surface area is 124 Å². The van der Waals surface area contributed by atoms with Crippen molar-refractivity contribution < 1.29 is 9.59 Å². The van der Waals surface area contributed by atoms with Crippen LogP contribution in [0.3, 0.4) is 0 Å². The van der Waals surface area contributed by atoms with Crippen LogP contribution in [0.5, 0.6) is 0 Å². The number of hydrogen-bond acceptors (Lipinski definition) is 3. The Morgan fingerprint density at radius 1 is 1.48 bits per heavy atom. The topological polar surface area (TPSA) is 58.4 Å². The van der Waals surface area contributed by atoms with Crippen LogP contribution in [0.15, 0.2) is 12.3 Å². The van der Waals surface area contributed by atoms with Gasteiger partial charge in [0.1, 0.15) is 0 Å². The van der Waals surface area contributed by atoms with Crippen LogP contribution in [0.25, 0.3) is 0 Å². The molecular formula is C15H22N4O2. The lowest BCUT2D eigenvalue weighted by Crippen LogP contribution is -2.45. The quantitative estimate of drug-likeness (QED) is 0.837. The van der Waals surface area contributed by atoms with Gasteiger partial charge in [-0.15, -0.1) is 0 Å². The molecular weight excluding hydrogens is 268 g/mol. The molecule has 0 bridgehead atoms. The molecule has 114 valence electrons. The zero-order chi connectivity index (χ0) is 14.8. The molecule has 0 aliphatic carbocycles. The van der Waals surface area contributed by atoms with Crippen LogP contribution >= 0.6 is 0 Å². The molecule has 1 atom stereocenters. The maximum absolute atomic E-state index is 12.2. The number of carbonyl (C=O) groups excluding carboxylic acids is 2. The minimum Gasteiger partial charge on any atom is -0.340 e. The second-order valence-corrected chi connectivity index (χ2v) is 5.89. The van der Waals surface area contributed by atoms with E-state index in [4.69, 9.17) is 0 Å². The minimum absolute atomic E-state index is 0.0756. The summed E-state index contributed by atoms with van der Waals surface area (Å²) in [7, 11) is 0. The van der Waals surface area contributed by atoms with Crippen molar-refractivity contribution in [3.05, 3.63) is 18.0 Å². The number of hydrogen-bond donors (Lipinski definition) is 0. The van der Waals surface area contributed by atoms with E-state index >= 15 is 0 Å². The monoisotopic (exact) mass is 290 g/mol.